The number of amides is 1. The van der Waals surface area contributed by atoms with Gasteiger partial charge < -0.3 is 14.6 Å². The third kappa shape index (κ3) is 3.36. The maximum Gasteiger partial charge on any atom is 0.226 e. The lowest BCUT2D eigenvalue weighted by molar-refractivity contribution is -0.120. The van der Waals surface area contributed by atoms with Crippen molar-refractivity contribution in [2.24, 2.45) is 0 Å². The molecule has 108 valence electrons. The quantitative estimate of drug-likeness (QED) is 0.821. The first-order chi connectivity index (χ1) is 9.61. The molecule has 1 amide bonds. The van der Waals surface area contributed by atoms with Crippen LogP contribution in [0.5, 0.6) is 0 Å². The van der Waals surface area contributed by atoms with E-state index in [4.69, 9.17) is 9.26 Å². The van der Waals surface area contributed by atoms with Crippen molar-refractivity contribution >= 4 is 16.9 Å². The molecule has 20 heavy (non-hydrogen) atoms. The van der Waals surface area contributed by atoms with Gasteiger partial charge >= 0.3 is 0 Å². The summed E-state index contributed by atoms with van der Waals surface area (Å²) in [5.74, 6) is -0.0451. The molecule has 2 rings (SSSR count). The Balaban J connectivity index is 2.05. The molecule has 0 unspecified atom stereocenters. The number of hydrogen-bond donors (Lipinski definition) is 1. The fourth-order valence-electron chi connectivity index (χ4n) is 2.30. The Morgan fingerprint density at radius 1 is 1.40 bits per heavy atom. The first-order valence-corrected chi connectivity index (χ1v) is 6.73. The van der Waals surface area contributed by atoms with E-state index < -0.39 is 0 Å². The smallest absolute Gasteiger partial charge is 0.226 e. The molecule has 0 aliphatic rings. The van der Waals surface area contributed by atoms with Gasteiger partial charge in [0.15, 0.2) is 5.58 Å². The zero-order valence-electron chi connectivity index (χ0n) is 12.2. The Morgan fingerprint density at radius 2 is 2.20 bits per heavy atom. The van der Waals surface area contributed by atoms with Gasteiger partial charge in [0.1, 0.15) is 5.69 Å². The number of carbonyl (C=O) groups excluding carboxylic acids is 1. The van der Waals surface area contributed by atoms with Crippen LogP contribution in [0.2, 0.25) is 0 Å². The lowest BCUT2D eigenvalue weighted by Crippen LogP contribution is -2.26. The fourth-order valence-corrected chi connectivity index (χ4v) is 2.30. The van der Waals surface area contributed by atoms with Crippen molar-refractivity contribution in [3.63, 3.8) is 0 Å². The number of methoxy groups -OCH3 is 1. The summed E-state index contributed by atoms with van der Waals surface area (Å²) in [7, 11) is 1.65. The molecule has 5 heteroatoms. The topological polar surface area (TPSA) is 64.4 Å². The van der Waals surface area contributed by atoms with Crippen LogP contribution in [0.3, 0.4) is 0 Å². The monoisotopic (exact) mass is 276 g/mol. The second-order valence-electron chi connectivity index (χ2n) is 4.96. The summed E-state index contributed by atoms with van der Waals surface area (Å²) in [6, 6.07) is 4.01. The van der Waals surface area contributed by atoms with Crippen LogP contribution in [0.15, 0.2) is 16.7 Å². The molecule has 0 aliphatic carbocycles. The van der Waals surface area contributed by atoms with Gasteiger partial charge in [-0.2, -0.15) is 0 Å². The largest absolute Gasteiger partial charge is 0.385 e. The van der Waals surface area contributed by atoms with Crippen molar-refractivity contribution in [2.45, 2.75) is 26.7 Å². The molecule has 0 saturated carbocycles. The minimum Gasteiger partial charge on any atom is -0.385 e. The summed E-state index contributed by atoms with van der Waals surface area (Å²) in [4.78, 5) is 11.9. The number of nitrogens with zero attached hydrogens (tertiary/aromatic N) is 1. The molecule has 5 nitrogen and oxygen atoms in total. The third-order valence-corrected chi connectivity index (χ3v) is 3.16. The Morgan fingerprint density at radius 3 is 2.95 bits per heavy atom. The normalized spacial score (nSPS) is 10.9. The van der Waals surface area contributed by atoms with Crippen molar-refractivity contribution in [3.05, 3.63) is 29.0 Å². The van der Waals surface area contributed by atoms with Crippen LogP contribution in [0, 0.1) is 13.8 Å². The van der Waals surface area contributed by atoms with Gasteiger partial charge in [0.05, 0.1) is 6.42 Å². The predicted molar refractivity (Wildman–Crippen MR) is 76.7 cm³/mol. The summed E-state index contributed by atoms with van der Waals surface area (Å²) < 4.78 is 10.2. The highest BCUT2D eigenvalue weighted by atomic mass is 16.5. The lowest BCUT2D eigenvalue weighted by atomic mass is 10.0. The Hall–Kier alpha value is -1.88. The highest BCUT2D eigenvalue weighted by molar-refractivity contribution is 5.88. The molecule has 1 heterocycles. The van der Waals surface area contributed by atoms with Gasteiger partial charge in [-0.05, 0) is 37.5 Å². The average Bonchev–Trinajstić information content (AvgIpc) is 2.77. The zero-order valence-corrected chi connectivity index (χ0v) is 12.2. The van der Waals surface area contributed by atoms with E-state index in [1.807, 2.05) is 19.9 Å². The fraction of sp³-hybridized carbons (Fsp3) is 0.467. The minimum absolute atomic E-state index is 0.0451. The van der Waals surface area contributed by atoms with Gasteiger partial charge in [-0.3, -0.25) is 4.79 Å². The molecule has 0 aliphatic heterocycles. The summed E-state index contributed by atoms with van der Waals surface area (Å²) >= 11 is 0. The first kappa shape index (κ1) is 14.5. The van der Waals surface area contributed by atoms with Crippen molar-refractivity contribution in [3.8, 4) is 0 Å². The number of ether oxygens (including phenoxy) is 1. The van der Waals surface area contributed by atoms with E-state index in [0.717, 1.165) is 28.5 Å². The van der Waals surface area contributed by atoms with Crippen molar-refractivity contribution in [1.82, 2.24) is 10.5 Å². The molecule has 0 saturated heterocycles. The van der Waals surface area contributed by atoms with Crippen LogP contribution in [0.25, 0.3) is 11.0 Å². The Bertz CT molecular complexity index is 604. The number of rotatable bonds is 6. The third-order valence-electron chi connectivity index (χ3n) is 3.16. The number of aromatic nitrogens is 1. The minimum atomic E-state index is -0.0451. The summed E-state index contributed by atoms with van der Waals surface area (Å²) in [5, 5.41) is 7.82. The second-order valence-corrected chi connectivity index (χ2v) is 4.96. The first-order valence-electron chi connectivity index (χ1n) is 6.73. The number of hydrogen-bond acceptors (Lipinski definition) is 4. The van der Waals surface area contributed by atoms with Crippen LogP contribution < -0.4 is 5.32 Å². The lowest BCUT2D eigenvalue weighted by Gasteiger charge is -2.04. The summed E-state index contributed by atoms with van der Waals surface area (Å²) in [6.07, 6.45) is 1.05. The van der Waals surface area contributed by atoms with E-state index in [1.54, 1.807) is 7.11 Å². The molecule has 0 fully saturated rings. The molecule has 0 spiro atoms. The van der Waals surface area contributed by atoms with Crippen LogP contribution in [0.4, 0.5) is 0 Å². The SMILES string of the molecule is COCCCNC(=O)Cc1noc2cc(C)cc(C)c12. The standard InChI is InChI=1S/C15H20N2O3/c1-10-7-11(2)15-12(17-20-13(15)8-10)9-14(18)16-5-4-6-19-3/h7-8H,4-6,9H2,1-3H3,(H,16,18). The van der Waals surface area contributed by atoms with Crippen molar-refractivity contribution < 1.29 is 14.1 Å². The van der Waals surface area contributed by atoms with Gasteiger partial charge in [-0.25, -0.2) is 0 Å². The molecule has 0 atom stereocenters. The zero-order chi connectivity index (χ0) is 14.5. The van der Waals surface area contributed by atoms with Gasteiger partial charge in [0.25, 0.3) is 0 Å². The average molecular weight is 276 g/mol. The van der Waals surface area contributed by atoms with E-state index in [2.05, 4.69) is 16.5 Å². The molecule has 0 radical (unpaired) electrons. The van der Waals surface area contributed by atoms with Gasteiger partial charge in [-0.15, -0.1) is 0 Å². The van der Waals surface area contributed by atoms with E-state index in [9.17, 15) is 4.79 Å². The predicted octanol–water partition coefficient (Wildman–Crippen LogP) is 2.14. The molecule has 0 bridgehead atoms. The van der Waals surface area contributed by atoms with Gasteiger partial charge in [-0.1, -0.05) is 11.2 Å². The molecule has 2 aromatic rings. The van der Waals surface area contributed by atoms with E-state index in [0.29, 0.717) is 18.8 Å². The summed E-state index contributed by atoms with van der Waals surface area (Å²) in [6.45, 7) is 5.27. The molecular formula is C15H20N2O3. The molecule has 1 N–H and O–H groups in total. The van der Waals surface area contributed by atoms with Crippen LogP contribution in [0.1, 0.15) is 23.2 Å². The summed E-state index contributed by atoms with van der Waals surface area (Å²) in [5.41, 5.74) is 3.65. The maximum atomic E-state index is 11.9. The maximum absolute atomic E-state index is 11.9. The number of aryl methyl sites for hydroxylation is 2. The number of fused-ring (bicyclic) bond motifs is 1. The van der Waals surface area contributed by atoms with Gasteiger partial charge in [0.2, 0.25) is 5.91 Å². The number of benzene rings is 1. The number of carbonyl (C=O) groups is 1. The van der Waals surface area contributed by atoms with Crippen LogP contribution in [-0.4, -0.2) is 31.3 Å². The number of nitrogens with one attached hydrogen (secondary N) is 1. The van der Waals surface area contributed by atoms with E-state index in [1.165, 1.54) is 0 Å². The van der Waals surface area contributed by atoms with Gasteiger partial charge in [0, 0.05) is 25.6 Å². The van der Waals surface area contributed by atoms with E-state index in [-0.39, 0.29) is 12.3 Å². The highest BCUT2D eigenvalue weighted by Gasteiger charge is 2.14. The Labute approximate surface area is 118 Å². The Kier molecular flexibility index (Phi) is 4.74. The van der Waals surface area contributed by atoms with Crippen LogP contribution >= 0.6 is 0 Å². The van der Waals surface area contributed by atoms with Crippen molar-refractivity contribution in [1.29, 1.82) is 0 Å². The molecule has 1 aromatic heterocycles. The van der Waals surface area contributed by atoms with E-state index >= 15 is 0 Å². The molecular weight excluding hydrogens is 256 g/mol. The van der Waals surface area contributed by atoms with Crippen molar-refractivity contribution in [2.75, 3.05) is 20.3 Å². The highest BCUT2D eigenvalue weighted by Crippen LogP contribution is 2.24. The van der Waals surface area contributed by atoms with Crippen LogP contribution in [-0.2, 0) is 16.0 Å². The molecule has 1 aromatic carbocycles. The second kappa shape index (κ2) is 6.52.